The van der Waals surface area contributed by atoms with Crippen LogP contribution >= 0.6 is 0 Å². The topological polar surface area (TPSA) is 70.6 Å². The molecule has 0 bridgehead atoms. The van der Waals surface area contributed by atoms with Gasteiger partial charge in [0.25, 0.3) is 0 Å². The molecule has 0 aliphatic rings. The molecule has 0 fully saturated rings. The first-order valence-electron chi connectivity index (χ1n) is 5.89. The summed E-state index contributed by atoms with van der Waals surface area (Å²) in [4.78, 5) is 11.5. The fourth-order valence-corrected chi connectivity index (χ4v) is 1.40. The van der Waals surface area contributed by atoms with Crippen molar-refractivity contribution in [2.75, 3.05) is 11.9 Å². The lowest BCUT2D eigenvalue weighted by atomic mass is 10.2. The molecule has 0 heterocycles. The van der Waals surface area contributed by atoms with Crippen molar-refractivity contribution in [3.63, 3.8) is 0 Å². The maximum atomic E-state index is 13.4. The van der Waals surface area contributed by atoms with Gasteiger partial charge in [0.15, 0.2) is 11.6 Å². The standard InChI is InChI=1S/C12H15F3N2O3/c1-2-7(6-18)16-12(19)17-8-3-4-10(9(13)5-8)20-11(14)15/h3-5,7,11,18H,2,6H2,1H3,(H2,16,17,19). The maximum Gasteiger partial charge on any atom is 0.387 e. The summed E-state index contributed by atoms with van der Waals surface area (Å²) >= 11 is 0. The molecule has 0 aromatic heterocycles. The quantitative estimate of drug-likeness (QED) is 0.753. The van der Waals surface area contributed by atoms with Crippen LogP contribution in [0.4, 0.5) is 23.7 Å². The van der Waals surface area contributed by atoms with Gasteiger partial charge in [-0.15, -0.1) is 0 Å². The second-order valence-corrected chi connectivity index (χ2v) is 3.91. The van der Waals surface area contributed by atoms with Crippen molar-refractivity contribution >= 4 is 11.7 Å². The number of hydrogen-bond acceptors (Lipinski definition) is 3. The van der Waals surface area contributed by atoms with Gasteiger partial charge in [-0.05, 0) is 18.6 Å². The monoisotopic (exact) mass is 292 g/mol. The number of rotatable bonds is 6. The highest BCUT2D eigenvalue weighted by atomic mass is 19.3. The van der Waals surface area contributed by atoms with Crippen LogP contribution in [0.3, 0.4) is 0 Å². The van der Waals surface area contributed by atoms with Crippen LogP contribution in [0, 0.1) is 5.82 Å². The minimum atomic E-state index is -3.12. The van der Waals surface area contributed by atoms with Gasteiger partial charge < -0.3 is 20.5 Å². The largest absolute Gasteiger partial charge is 0.432 e. The number of benzene rings is 1. The fourth-order valence-electron chi connectivity index (χ4n) is 1.40. The van der Waals surface area contributed by atoms with E-state index in [-0.39, 0.29) is 12.3 Å². The van der Waals surface area contributed by atoms with E-state index in [1.807, 2.05) is 0 Å². The second-order valence-electron chi connectivity index (χ2n) is 3.91. The second kappa shape index (κ2) is 7.59. The van der Waals surface area contributed by atoms with Crippen molar-refractivity contribution in [1.82, 2.24) is 5.32 Å². The fraction of sp³-hybridized carbons (Fsp3) is 0.417. The number of carbonyl (C=O) groups is 1. The molecule has 1 aromatic rings. The summed E-state index contributed by atoms with van der Waals surface area (Å²) in [5.74, 6) is -1.62. The highest BCUT2D eigenvalue weighted by molar-refractivity contribution is 5.89. The maximum absolute atomic E-state index is 13.4. The van der Waals surface area contributed by atoms with Gasteiger partial charge >= 0.3 is 12.6 Å². The number of aliphatic hydroxyl groups excluding tert-OH is 1. The average Bonchev–Trinajstić information content (AvgIpc) is 2.38. The third-order valence-electron chi connectivity index (χ3n) is 2.45. The third-order valence-corrected chi connectivity index (χ3v) is 2.45. The van der Waals surface area contributed by atoms with Gasteiger partial charge in [0.05, 0.1) is 12.6 Å². The van der Waals surface area contributed by atoms with Crippen LogP contribution in [0.15, 0.2) is 18.2 Å². The molecule has 3 N–H and O–H groups in total. The molecule has 0 radical (unpaired) electrons. The van der Waals surface area contributed by atoms with E-state index in [1.165, 1.54) is 6.07 Å². The summed E-state index contributed by atoms with van der Waals surface area (Å²) in [6.45, 7) is -1.57. The molecule has 0 saturated heterocycles. The van der Waals surface area contributed by atoms with Gasteiger partial charge in [-0.3, -0.25) is 0 Å². The molecule has 0 spiro atoms. The van der Waals surface area contributed by atoms with Crippen molar-refractivity contribution in [3.05, 3.63) is 24.0 Å². The summed E-state index contributed by atoms with van der Waals surface area (Å²) in [5, 5.41) is 13.7. The number of amides is 2. The summed E-state index contributed by atoms with van der Waals surface area (Å²) in [5.41, 5.74) is 0.0782. The normalized spacial score (nSPS) is 12.1. The molecule has 0 aliphatic heterocycles. The number of aliphatic hydroxyl groups is 1. The molecule has 1 aromatic carbocycles. The first-order chi connectivity index (χ1) is 9.46. The number of halogens is 3. The predicted molar refractivity (Wildman–Crippen MR) is 66.4 cm³/mol. The highest BCUT2D eigenvalue weighted by Crippen LogP contribution is 2.22. The van der Waals surface area contributed by atoms with Crippen molar-refractivity contribution in [2.24, 2.45) is 0 Å². The van der Waals surface area contributed by atoms with Gasteiger partial charge in [-0.25, -0.2) is 9.18 Å². The Hall–Kier alpha value is -1.96. The number of anilines is 1. The Morgan fingerprint density at radius 1 is 1.45 bits per heavy atom. The Kier molecular flexibility index (Phi) is 6.10. The molecule has 1 rings (SSSR count). The van der Waals surface area contributed by atoms with E-state index in [1.54, 1.807) is 6.92 Å². The van der Waals surface area contributed by atoms with E-state index in [0.29, 0.717) is 6.42 Å². The van der Waals surface area contributed by atoms with Crippen LogP contribution in [-0.2, 0) is 0 Å². The average molecular weight is 292 g/mol. The minimum Gasteiger partial charge on any atom is -0.432 e. The van der Waals surface area contributed by atoms with Crippen LogP contribution in [0.2, 0.25) is 0 Å². The van der Waals surface area contributed by atoms with Crippen LogP contribution in [0.5, 0.6) is 5.75 Å². The van der Waals surface area contributed by atoms with Crippen molar-refractivity contribution in [1.29, 1.82) is 0 Å². The Balaban J connectivity index is 2.64. The van der Waals surface area contributed by atoms with E-state index < -0.39 is 30.3 Å². The number of alkyl halides is 2. The lowest BCUT2D eigenvalue weighted by Crippen LogP contribution is -2.39. The zero-order valence-electron chi connectivity index (χ0n) is 10.7. The molecule has 1 atom stereocenters. The van der Waals surface area contributed by atoms with Crippen LogP contribution in [0.25, 0.3) is 0 Å². The number of urea groups is 1. The first kappa shape index (κ1) is 16.1. The van der Waals surface area contributed by atoms with E-state index >= 15 is 0 Å². The zero-order chi connectivity index (χ0) is 15.1. The van der Waals surface area contributed by atoms with E-state index in [2.05, 4.69) is 15.4 Å². The SMILES string of the molecule is CCC(CO)NC(=O)Nc1ccc(OC(F)F)c(F)c1. The van der Waals surface area contributed by atoms with Gasteiger partial charge in [-0.1, -0.05) is 6.92 Å². The number of ether oxygens (including phenoxy) is 1. The van der Waals surface area contributed by atoms with Crippen molar-refractivity contribution < 1.29 is 27.8 Å². The molecule has 5 nitrogen and oxygen atoms in total. The van der Waals surface area contributed by atoms with Gasteiger partial charge in [-0.2, -0.15) is 8.78 Å². The Labute approximate surface area is 113 Å². The van der Waals surface area contributed by atoms with Crippen LogP contribution in [0.1, 0.15) is 13.3 Å². The predicted octanol–water partition coefficient (Wildman–Crippen LogP) is 2.32. The van der Waals surface area contributed by atoms with E-state index in [4.69, 9.17) is 5.11 Å². The van der Waals surface area contributed by atoms with Gasteiger partial charge in [0, 0.05) is 11.8 Å². The number of nitrogens with one attached hydrogen (secondary N) is 2. The third kappa shape index (κ3) is 4.96. The Bertz CT molecular complexity index is 454. The molecule has 8 heteroatoms. The van der Waals surface area contributed by atoms with E-state index in [0.717, 1.165) is 12.1 Å². The lowest BCUT2D eigenvalue weighted by Gasteiger charge is -2.15. The van der Waals surface area contributed by atoms with Gasteiger partial charge in [0.1, 0.15) is 0 Å². The van der Waals surface area contributed by atoms with Crippen LogP contribution < -0.4 is 15.4 Å². The lowest BCUT2D eigenvalue weighted by molar-refractivity contribution is -0.0521. The van der Waals surface area contributed by atoms with Crippen molar-refractivity contribution in [2.45, 2.75) is 26.0 Å². The van der Waals surface area contributed by atoms with E-state index in [9.17, 15) is 18.0 Å². The minimum absolute atomic E-state index is 0.0782. The highest BCUT2D eigenvalue weighted by Gasteiger charge is 2.12. The molecular weight excluding hydrogens is 277 g/mol. The van der Waals surface area contributed by atoms with Gasteiger partial charge in [0.2, 0.25) is 0 Å². The van der Waals surface area contributed by atoms with Crippen molar-refractivity contribution in [3.8, 4) is 5.75 Å². The molecule has 112 valence electrons. The summed E-state index contributed by atoms with van der Waals surface area (Å²) in [6.07, 6.45) is 0.527. The molecule has 20 heavy (non-hydrogen) atoms. The summed E-state index contributed by atoms with van der Waals surface area (Å²) in [6, 6.07) is 2.02. The number of hydrogen-bond donors (Lipinski definition) is 3. The molecule has 2 amide bonds. The summed E-state index contributed by atoms with van der Waals surface area (Å²) < 4.78 is 41.2. The molecule has 1 unspecified atom stereocenters. The first-order valence-corrected chi connectivity index (χ1v) is 5.89. The molecule has 0 aliphatic carbocycles. The Morgan fingerprint density at radius 2 is 2.15 bits per heavy atom. The molecular formula is C12H15F3N2O3. The summed E-state index contributed by atoms with van der Waals surface area (Å²) in [7, 11) is 0. The Morgan fingerprint density at radius 3 is 2.65 bits per heavy atom. The smallest absolute Gasteiger partial charge is 0.387 e. The molecule has 0 saturated carbocycles. The zero-order valence-corrected chi connectivity index (χ0v) is 10.7. The number of carbonyl (C=O) groups excluding carboxylic acids is 1. The van der Waals surface area contributed by atoms with Crippen LogP contribution in [-0.4, -0.2) is 30.4 Å².